The lowest BCUT2D eigenvalue weighted by Gasteiger charge is -2.12. The van der Waals surface area contributed by atoms with Crippen LogP contribution in [-0.4, -0.2) is 19.5 Å². The monoisotopic (exact) mass is 424 g/mol. The van der Waals surface area contributed by atoms with Gasteiger partial charge in [-0.3, -0.25) is 9.78 Å². The molecule has 6 heteroatoms. The van der Waals surface area contributed by atoms with Crippen molar-refractivity contribution in [3.63, 3.8) is 0 Å². The molecular formula is C25H17ClN4O. The third kappa shape index (κ3) is 3.01. The van der Waals surface area contributed by atoms with Crippen LogP contribution in [-0.2, 0) is 0 Å². The summed E-state index contributed by atoms with van der Waals surface area (Å²) in [7, 11) is 0. The molecule has 0 N–H and O–H groups in total. The normalized spacial score (nSPS) is 17.8. The Kier molecular flexibility index (Phi) is 4.11. The van der Waals surface area contributed by atoms with E-state index in [0.717, 1.165) is 39.5 Å². The lowest BCUT2D eigenvalue weighted by atomic mass is 10.0. The molecule has 0 aliphatic heterocycles. The number of benzene rings is 2. The van der Waals surface area contributed by atoms with Gasteiger partial charge in [-0.15, -0.1) is 0 Å². The second-order valence-electron chi connectivity index (χ2n) is 7.88. The van der Waals surface area contributed by atoms with Crippen LogP contribution in [0.15, 0.2) is 84.3 Å². The van der Waals surface area contributed by atoms with Gasteiger partial charge in [0, 0.05) is 52.6 Å². The van der Waals surface area contributed by atoms with E-state index >= 15 is 0 Å². The minimum Gasteiger partial charge on any atom is -0.310 e. The maximum atomic E-state index is 13.6. The summed E-state index contributed by atoms with van der Waals surface area (Å²) in [6.07, 6.45) is 7.54. The molecule has 0 bridgehead atoms. The molecule has 31 heavy (non-hydrogen) atoms. The van der Waals surface area contributed by atoms with E-state index in [2.05, 4.69) is 28.2 Å². The van der Waals surface area contributed by atoms with Gasteiger partial charge in [-0.25, -0.2) is 9.97 Å². The highest BCUT2D eigenvalue weighted by atomic mass is 35.5. The summed E-state index contributed by atoms with van der Waals surface area (Å²) in [6, 6.07) is 18.0. The Hall–Kier alpha value is -3.57. The average Bonchev–Trinajstić information content (AvgIpc) is 3.62. The first-order chi connectivity index (χ1) is 15.2. The van der Waals surface area contributed by atoms with Crippen LogP contribution in [0.1, 0.15) is 24.1 Å². The van der Waals surface area contributed by atoms with Crippen molar-refractivity contribution in [1.82, 2.24) is 19.5 Å². The predicted molar refractivity (Wildman–Crippen MR) is 122 cm³/mol. The largest absolute Gasteiger partial charge is 0.310 e. The van der Waals surface area contributed by atoms with Gasteiger partial charge < -0.3 is 4.57 Å². The molecule has 150 valence electrons. The smallest absolute Gasteiger partial charge is 0.259 e. The Bertz CT molecular complexity index is 1510. The van der Waals surface area contributed by atoms with Crippen molar-refractivity contribution in [1.29, 1.82) is 0 Å². The van der Waals surface area contributed by atoms with Crippen LogP contribution in [0.25, 0.3) is 32.8 Å². The van der Waals surface area contributed by atoms with Crippen LogP contribution in [0, 0.1) is 0 Å². The molecule has 0 saturated heterocycles. The number of halogens is 1. The van der Waals surface area contributed by atoms with Gasteiger partial charge in [0.25, 0.3) is 5.56 Å². The molecule has 0 spiro atoms. The minimum atomic E-state index is -0.0489. The molecule has 1 saturated carbocycles. The maximum absolute atomic E-state index is 13.6. The summed E-state index contributed by atoms with van der Waals surface area (Å²) in [5.74, 6) is 0.197. The van der Waals surface area contributed by atoms with E-state index in [1.54, 1.807) is 23.2 Å². The van der Waals surface area contributed by atoms with Crippen molar-refractivity contribution in [2.24, 2.45) is 0 Å². The molecular weight excluding hydrogens is 408 g/mol. The zero-order valence-electron chi connectivity index (χ0n) is 16.4. The molecule has 5 aromatic rings. The van der Waals surface area contributed by atoms with Crippen molar-refractivity contribution < 1.29 is 0 Å². The van der Waals surface area contributed by atoms with Gasteiger partial charge in [-0.1, -0.05) is 54.1 Å². The minimum absolute atomic E-state index is 0.0446. The molecule has 6 rings (SSSR count). The van der Waals surface area contributed by atoms with Crippen molar-refractivity contribution in [2.75, 3.05) is 0 Å². The molecule has 1 fully saturated rings. The number of nitrogens with zero attached hydrogens (tertiary/aromatic N) is 4. The second-order valence-corrected chi connectivity index (χ2v) is 8.29. The molecule has 0 amide bonds. The van der Waals surface area contributed by atoms with E-state index in [9.17, 15) is 4.79 Å². The van der Waals surface area contributed by atoms with Crippen molar-refractivity contribution in [3.05, 3.63) is 101 Å². The first kappa shape index (κ1) is 18.2. The van der Waals surface area contributed by atoms with Gasteiger partial charge in [0.15, 0.2) is 0 Å². The lowest BCUT2D eigenvalue weighted by Crippen LogP contribution is -2.20. The van der Waals surface area contributed by atoms with Gasteiger partial charge in [0.2, 0.25) is 0 Å². The van der Waals surface area contributed by atoms with Crippen molar-refractivity contribution in [2.45, 2.75) is 18.4 Å². The molecule has 0 unspecified atom stereocenters. The highest BCUT2D eigenvalue weighted by molar-refractivity contribution is 6.35. The number of rotatable bonds is 3. The van der Waals surface area contributed by atoms with E-state index in [4.69, 9.17) is 16.6 Å². The summed E-state index contributed by atoms with van der Waals surface area (Å²) in [6.45, 7) is 0. The third-order valence-electron chi connectivity index (χ3n) is 6.01. The summed E-state index contributed by atoms with van der Waals surface area (Å²) in [5.41, 5.74) is 3.52. The van der Waals surface area contributed by atoms with Gasteiger partial charge in [-0.05, 0) is 24.1 Å². The Morgan fingerprint density at radius 2 is 1.81 bits per heavy atom. The fourth-order valence-corrected chi connectivity index (χ4v) is 4.64. The van der Waals surface area contributed by atoms with E-state index in [0.29, 0.717) is 10.4 Å². The number of para-hydroxylation sites is 1. The van der Waals surface area contributed by atoms with Crippen LogP contribution >= 0.6 is 11.6 Å². The number of aromatic nitrogens is 4. The van der Waals surface area contributed by atoms with Gasteiger partial charge in [0.1, 0.15) is 6.33 Å². The van der Waals surface area contributed by atoms with E-state index in [1.807, 2.05) is 36.4 Å². The van der Waals surface area contributed by atoms with Crippen LogP contribution in [0.5, 0.6) is 0 Å². The molecule has 2 atom stereocenters. The Morgan fingerprint density at radius 3 is 2.68 bits per heavy atom. The lowest BCUT2D eigenvalue weighted by molar-refractivity contribution is 0.688. The highest BCUT2D eigenvalue weighted by Gasteiger charge is 2.42. The second kappa shape index (κ2) is 7.00. The average molecular weight is 425 g/mol. The Balaban J connectivity index is 1.47. The van der Waals surface area contributed by atoms with Crippen LogP contribution in [0.2, 0.25) is 5.02 Å². The van der Waals surface area contributed by atoms with E-state index in [-0.39, 0.29) is 17.5 Å². The Morgan fingerprint density at radius 1 is 0.968 bits per heavy atom. The number of hydrogen-bond donors (Lipinski definition) is 0. The van der Waals surface area contributed by atoms with Crippen LogP contribution in [0.4, 0.5) is 0 Å². The Labute approximate surface area is 183 Å². The molecule has 1 aliphatic carbocycles. The van der Waals surface area contributed by atoms with E-state index < -0.39 is 0 Å². The highest BCUT2D eigenvalue weighted by Crippen LogP contribution is 2.50. The fourth-order valence-electron chi connectivity index (χ4n) is 4.38. The fraction of sp³-hybridized carbons (Fsp3) is 0.120. The topological polar surface area (TPSA) is 60.7 Å². The first-order valence-electron chi connectivity index (χ1n) is 10.1. The standard InChI is InChI=1S/C25H17ClN4O/c26-20-13-30(23-10-19(23)22-9-8-15-4-1-2-7-21(15)29-22)25(31)24-17(5-3-6-18(20)24)16-11-27-14-28-12-16/h1-9,11-14,19,23H,10H2/t19-,23+/m0/s1. The van der Waals surface area contributed by atoms with Gasteiger partial charge in [-0.2, -0.15) is 0 Å². The zero-order valence-corrected chi connectivity index (χ0v) is 17.2. The number of fused-ring (bicyclic) bond motifs is 2. The summed E-state index contributed by atoms with van der Waals surface area (Å²) >= 11 is 6.63. The van der Waals surface area contributed by atoms with Gasteiger partial charge in [0.05, 0.1) is 15.9 Å². The summed E-state index contributed by atoms with van der Waals surface area (Å²) in [4.78, 5) is 26.6. The maximum Gasteiger partial charge on any atom is 0.259 e. The van der Waals surface area contributed by atoms with Crippen molar-refractivity contribution in [3.8, 4) is 11.1 Å². The molecule has 5 nitrogen and oxygen atoms in total. The molecule has 3 heterocycles. The molecule has 1 aliphatic rings. The zero-order chi connectivity index (χ0) is 20.9. The molecule has 2 aromatic carbocycles. The number of pyridine rings is 2. The summed E-state index contributed by atoms with van der Waals surface area (Å²) in [5, 5.41) is 3.02. The van der Waals surface area contributed by atoms with Crippen LogP contribution in [0.3, 0.4) is 0 Å². The van der Waals surface area contributed by atoms with Crippen molar-refractivity contribution >= 4 is 33.3 Å². The quantitative estimate of drug-likeness (QED) is 0.389. The summed E-state index contributed by atoms with van der Waals surface area (Å²) < 4.78 is 1.78. The first-order valence-corrected chi connectivity index (χ1v) is 10.5. The third-order valence-corrected chi connectivity index (χ3v) is 6.31. The SMILES string of the molecule is O=c1c2c(-c3cncnc3)cccc2c(Cl)cn1[C@@H]1C[C@H]1c1ccc2ccccc2n1. The number of hydrogen-bond acceptors (Lipinski definition) is 4. The van der Waals surface area contributed by atoms with Gasteiger partial charge >= 0.3 is 0 Å². The van der Waals surface area contributed by atoms with Crippen LogP contribution < -0.4 is 5.56 Å². The molecule has 0 radical (unpaired) electrons. The molecule has 3 aromatic heterocycles. The van der Waals surface area contributed by atoms with E-state index in [1.165, 1.54) is 6.33 Å². The predicted octanol–water partition coefficient (Wildman–Crippen LogP) is 5.39.